The maximum absolute atomic E-state index is 11.8. The molecule has 0 unspecified atom stereocenters. The molecule has 1 N–H and O–H groups in total. The standard InChI is InChI=1S/C14H20N2O3/c1-11(2)15(9-10-17)7-8-16-12-5-3-4-6-13(12)19-14(16)18/h3-6,11,17H,7-10H2,1-2H3. The number of benzene rings is 1. The second-order valence-electron chi connectivity index (χ2n) is 4.84. The van der Waals surface area contributed by atoms with Gasteiger partial charge in [0, 0.05) is 25.7 Å². The number of nitrogens with zero attached hydrogens (tertiary/aromatic N) is 2. The molecule has 0 bridgehead atoms. The molecule has 19 heavy (non-hydrogen) atoms. The largest absolute Gasteiger partial charge is 0.419 e. The highest BCUT2D eigenvalue weighted by Crippen LogP contribution is 2.11. The highest BCUT2D eigenvalue weighted by Gasteiger charge is 2.12. The quantitative estimate of drug-likeness (QED) is 0.854. The third-order valence-electron chi connectivity index (χ3n) is 3.30. The van der Waals surface area contributed by atoms with Crippen molar-refractivity contribution in [1.82, 2.24) is 9.47 Å². The molecule has 5 heteroatoms. The number of aromatic nitrogens is 1. The molecule has 0 fully saturated rings. The highest BCUT2D eigenvalue weighted by atomic mass is 16.4. The first-order valence-electron chi connectivity index (χ1n) is 6.56. The van der Waals surface area contributed by atoms with Crippen LogP contribution in [0.4, 0.5) is 0 Å². The fourth-order valence-corrected chi connectivity index (χ4v) is 2.21. The van der Waals surface area contributed by atoms with E-state index in [1.54, 1.807) is 10.6 Å². The number of rotatable bonds is 6. The van der Waals surface area contributed by atoms with E-state index in [0.717, 1.165) is 5.52 Å². The Balaban J connectivity index is 2.17. The van der Waals surface area contributed by atoms with Crippen molar-refractivity contribution in [2.24, 2.45) is 0 Å². The van der Waals surface area contributed by atoms with Crippen molar-refractivity contribution >= 4 is 11.1 Å². The molecule has 2 aromatic rings. The second-order valence-corrected chi connectivity index (χ2v) is 4.84. The summed E-state index contributed by atoms with van der Waals surface area (Å²) in [5.41, 5.74) is 1.44. The van der Waals surface area contributed by atoms with E-state index in [-0.39, 0.29) is 12.4 Å². The summed E-state index contributed by atoms with van der Waals surface area (Å²) < 4.78 is 6.83. The number of aliphatic hydroxyl groups is 1. The Bertz CT molecular complexity index is 586. The molecule has 1 aromatic heterocycles. The first kappa shape index (κ1) is 13.8. The number of hydrogen-bond donors (Lipinski definition) is 1. The van der Waals surface area contributed by atoms with Gasteiger partial charge < -0.3 is 9.52 Å². The topological polar surface area (TPSA) is 58.6 Å². The molecule has 0 amide bonds. The van der Waals surface area contributed by atoms with Gasteiger partial charge in [-0.1, -0.05) is 12.1 Å². The van der Waals surface area contributed by atoms with Gasteiger partial charge in [-0.2, -0.15) is 0 Å². The van der Waals surface area contributed by atoms with E-state index in [4.69, 9.17) is 9.52 Å². The van der Waals surface area contributed by atoms with Crippen LogP contribution in [0.2, 0.25) is 0 Å². The normalized spacial score (nSPS) is 11.8. The van der Waals surface area contributed by atoms with Gasteiger partial charge in [0.2, 0.25) is 0 Å². The van der Waals surface area contributed by atoms with Crippen molar-refractivity contribution in [1.29, 1.82) is 0 Å². The Kier molecular flexibility index (Phi) is 4.39. The Hall–Kier alpha value is -1.59. The number of fused-ring (bicyclic) bond motifs is 1. The van der Waals surface area contributed by atoms with Gasteiger partial charge in [-0.3, -0.25) is 9.47 Å². The van der Waals surface area contributed by atoms with Gasteiger partial charge in [-0.15, -0.1) is 0 Å². The molecule has 104 valence electrons. The average molecular weight is 264 g/mol. The molecule has 5 nitrogen and oxygen atoms in total. The van der Waals surface area contributed by atoms with Crippen molar-refractivity contribution in [2.45, 2.75) is 26.4 Å². The molecule has 1 aromatic carbocycles. The van der Waals surface area contributed by atoms with Crippen molar-refractivity contribution in [3.8, 4) is 0 Å². The number of para-hydroxylation sites is 2. The van der Waals surface area contributed by atoms with E-state index < -0.39 is 0 Å². The molecular weight excluding hydrogens is 244 g/mol. The predicted octanol–water partition coefficient (Wildman–Crippen LogP) is 1.30. The van der Waals surface area contributed by atoms with Crippen LogP contribution < -0.4 is 5.76 Å². The van der Waals surface area contributed by atoms with Crippen LogP contribution in [0.25, 0.3) is 11.1 Å². The van der Waals surface area contributed by atoms with Crippen LogP contribution >= 0.6 is 0 Å². The van der Waals surface area contributed by atoms with E-state index in [0.29, 0.717) is 31.3 Å². The van der Waals surface area contributed by atoms with Crippen molar-refractivity contribution < 1.29 is 9.52 Å². The van der Waals surface area contributed by atoms with Crippen molar-refractivity contribution in [2.75, 3.05) is 19.7 Å². The summed E-state index contributed by atoms with van der Waals surface area (Å²) in [6, 6.07) is 7.75. The minimum Gasteiger partial charge on any atom is -0.408 e. The van der Waals surface area contributed by atoms with Gasteiger partial charge in [0.05, 0.1) is 12.1 Å². The SMILES string of the molecule is CC(C)N(CCO)CCn1c(=O)oc2ccccc21. The van der Waals surface area contributed by atoms with Crippen LogP contribution in [0.5, 0.6) is 0 Å². The average Bonchev–Trinajstić information content (AvgIpc) is 2.70. The summed E-state index contributed by atoms with van der Waals surface area (Å²) in [6.07, 6.45) is 0. The molecule has 0 aliphatic carbocycles. The second kappa shape index (κ2) is 6.04. The first-order valence-corrected chi connectivity index (χ1v) is 6.56. The van der Waals surface area contributed by atoms with Crippen LogP contribution in [0.15, 0.2) is 33.5 Å². The minimum absolute atomic E-state index is 0.124. The lowest BCUT2D eigenvalue weighted by Gasteiger charge is -2.25. The fourth-order valence-electron chi connectivity index (χ4n) is 2.21. The third-order valence-corrected chi connectivity index (χ3v) is 3.30. The summed E-state index contributed by atoms with van der Waals surface area (Å²) >= 11 is 0. The zero-order chi connectivity index (χ0) is 13.8. The van der Waals surface area contributed by atoms with Gasteiger partial charge >= 0.3 is 5.76 Å². The van der Waals surface area contributed by atoms with E-state index >= 15 is 0 Å². The smallest absolute Gasteiger partial charge is 0.408 e. The van der Waals surface area contributed by atoms with Crippen LogP contribution in [0.3, 0.4) is 0 Å². The maximum atomic E-state index is 11.8. The molecule has 0 spiro atoms. The third kappa shape index (κ3) is 3.05. The summed E-state index contributed by atoms with van der Waals surface area (Å²) in [7, 11) is 0. The lowest BCUT2D eigenvalue weighted by atomic mass is 10.3. The Labute approximate surface area is 112 Å². The van der Waals surface area contributed by atoms with Crippen LogP contribution in [0, 0.1) is 0 Å². The lowest BCUT2D eigenvalue weighted by Crippen LogP contribution is -2.37. The van der Waals surface area contributed by atoms with Gasteiger partial charge in [0.1, 0.15) is 0 Å². The zero-order valence-electron chi connectivity index (χ0n) is 11.4. The number of hydrogen-bond acceptors (Lipinski definition) is 4. The number of oxazole rings is 1. The van der Waals surface area contributed by atoms with Gasteiger partial charge in [-0.25, -0.2) is 4.79 Å². The van der Waals surface area contributed by atoms with E-state index in [1.165, 1.54) is 0 Å². The van der Waals surface area contributed by atoms with Gasteiger partial charge in [0.25, 0.3) is 0 Å². The maximum Gasteiger partial charge on any atom is 0.419 e. The highest BCUT2D eigenvalue weighted by molar-refractivity contribution is 5.72. The molecule has 0 aliphatic rings. The molecule has 1 heterocycles. The predicted molar refractivity (Wildman–Crippen MR) is 74.3 cm³/mol. The Morgan fingerprint density at radius 1 is 1.32 bits per heavy atom. The number of aliphatic hydroxyl groups excluding tert-OH is 1. The van der Waals surface area contributed by atoms with E-state index in [2.05, 4.69) is 18.7 Å². The van der Waals surface area contributed by atoms with Crippen molar-refractivity contribution in [3.63, 3.8) is 0 Å². The molecule has 0 atom stereocenters. The Morgan fingerprint density at radius 2 is 2.05 bits per heavy atom. The fraction of sp³-hybridized carbons (Fsp3) is 0.500. The lowest BCUT2D eigenvalue weighted by molar-refractivity contribution is 0.160. The molecule has 0 saturated heterocycles. The van der Waals surface area contributed by atoms with E-state index in [9.17, 15) is 4.79 Å². The van der Waals surface area contributed by atoms with Gasteiger partial charge in [0.15, 0.2) is 5.58 Å². The molecular formula is C14H20N2O3. The van der Waals surface area contributed by atoms with Crippen LogP contribution in [-0.4, -0.2) is 40.3 Å². The van der Waals surface area contributed by atoms with Crippen LogP contribution in [0.1, 0.15) is 13.8 Å². The van der Waals surface area contributed by atoms with Gasteiger partial charge in [-0.05, 0) is 26.0 Å². The summed E-state index contributed by atoms with van der Waals surface area (Å²) in [5, 5.41) is 9.04. The first-order chi connectivity index (χ1) is 9.13. The molecule has 0 radical (unpaired) electrons. The minimum atomic E-state index is -0.325. The van der Waals surface area contributed by atoms with Crippen molar-refractivity contribution in [3.05, 3.63) is 34.8 Å². The summed E-state index contributed by atoms with van der Waals surface area (Å²) in [4.78, 5) is 13.9. The molecule has 2 rings (SSSR count). The summed E-state index contributed by atoms with van der Waals surface area (Å²) in [5.74, 6) is -0.325. The molecule has 0 saturated carbocycles. The molecule has 0 aliphatic heterocycles. The van der Waals surface area contributed by atoms with E-state index in [1.807, 2.05) is 18.2 Å². The monoisotopic (exact) mass is 264 g/mol. The zero-order valence-corrected chi connectivity index (χ0v) is 11.4. The van der Waals surface area contributed by atoms with Crippen LogP contribution in [-0.2, 0) is 6.54 Å². The Morgan fingerprint density at radius 3 is 2.74 bits per heavy atom. The summed E-state index contributed by atoms with van der Waals surface area (Å²) in [6.45, 7) is 6.16.